The first kappa shape index (κ1) is 18.7. The molecule has 0 radical (unpaired) electrons. The van der Waals surface area contributed by atoms with Crippen molar-refractivity contribution in [3.63, 3.8) is 0 Å². The van der Waals surface area contributed by atoms with Crippen molar-refractivity contribution in [3.05, 3.63) is 70.6 Å². The third-order valence-electron chi connectivity index (χ3n) is 3.88. The first-order chi connectivity index (χ1) is 13.0. The van der Waals surface area contributed by atoms with Crippen LogP contribution in [0.4, 0.5) is 4.79 Å². The van der Waals surface area contributed by atoms with E-state index in [-0.39, 0.29) is 17.1 Å². The quantitative estimate of drug-likeness (QED) is 0.777. The van der Waals surface area contributed by atoms with Gasteiger partial charge in [-0.15, -0.1) is 0 Å². The van der Waals surface area contributed by atoms with E-state index in [4.69, 9.17) is 4.74 Å². The lowest BCUT2D eigenvalue weighted by atomic mass is 10.2. The van der Waals surface area contributed by atoms with E-state index >= 15 is 0 Å². The highest BCUT2D eigenvalue weighted by Gasteiger charge is 2.24. The van der Waals surface area contributed by atoms with Gasteiger partial charge in [-0.1, -0.05) is 30.3 Å². The lowest BCUT2D eigenvalue weighted by molar-refractivity contribution is -0.115. The Balaban J connectivity index is 1.50. The van der Waals surface area contributed by atoms with Crippen LogP contribution in [0.3, 0.4) is 0 Å². The highest BCUT2D eigenvalue weighted by molar-refractivity contribution is 8.18. The maximum Gasteiger partial charge on any atom is 0.290 e. The number of carbonyl (C=O) groups excluding carboxylic acids is 3. The summed E-state index contributed by atoms with van der Waals surface area (Å²) < 4.78 is 5.67. The van der Waals surface area contributed by atoms with Crippen LogP contribution < -0.4 is 10.1 Å². The van der Waals surface area contributed by atoms with Crippen LogP contribution in [0.25, 0.3) is 6.08 Å². The van der Waals surface area contributed by atoms with Crippen LogP contribution in [0, 0.1) is 0 Å². The Kier molecular flexibility index (Phi) is 5.93. The normalized spacial score (nSPS) is 14.9. The zero-order chi connectivity index (χ0) is 19.2. The molecule has 2 aromatic rings. The van der Waals surface area contributed by atoms with Gasteiger partial charge in [0, 0.05) is 12.6 Å². The number of benzene rings is 2. The van der Waals surface area contributed by atoms with Crippen molar-refractivity contribution in [2.24, 2.45) is 0 Å². The van der Waals surface area contributed by atoms with Gasteiger partial charge in [-0.2, -0.15) is 0 Å². The first-order valence-corrected chi connectivity index (χ1v) is 9.13. The van der Waals surface area contributed by atoms with Gasteiger partial charge in [0.15, 0.2) is 0 Å². The fourth-order valence-corrected chi connectivity index (χ4v) is 3.12. The molecule has 7 heteroatoms. The first-order valence-electron chi connectivity index (χ1n) is 8.31. The van der Waals surface area contributed by atoms with Gasteiger partial charge in [0.1, 0.15) is 12.4 Å². The van der Waals surface area contributed by atoms with Gasteiger partial charge in [-0.3, -0.25) is 19.7 Å². The average Bonchev–Trinajstić information content (AvgIpc) is 3.00. The number of carbonyl (C=O) groups is 3. The van der Waals surface area contributed by atoms with E-state index in [1.807, 2.05) is 18.2 Å². The van der Waals surface area contributed by atoms with Crippen LogP contribution >= 0.6 is 11.8 Å². The van der Waals surface area contributed by atoms with E-state index in [9.17, 15) is 14.4 Å². The molecule has 0 atom stereocenters. The Hall–Kier alpha value is -3.06. The molecule has 3 amide bonds. The number of ether oxygens (including phenoxy) is 1. The monoisotopic (exact) mass is 382 g/mol. The molecule has 1 aliphatic rings. The topological polar surface area (TPSA) is 75.7 Å². The predicted octanol–water partition coefficient (Wildman–Crippen LogP) is 3.16. The smallest absolute Gasteiger partial charge is 0.290 e. The summed E-state index contributed by atoms with van der Waals surface area (Å²) in [6.07, 6.45) is 1.65. The highest BCUT2D eigenvalue weighted by Crippen LogP contribution is 2.26. The van der Waals surface area contributed by atoms with Gasteiger partial charge in [0.05, 0.1) is 11.4 Å². The second-order valence-corrected chi connectivity index (χ2v) is 6.88. The summed E-state index contributed by atoms with van der Waals surface area (Å²) in [5.74, 6) is 0.233. The van der Waals surface area contributed by atoms with Crippen molar-refractivity contribution in [2.75, 3.05) is 20.2 Å². The van der Waals surface area contributed by atoms with Gasteiger partial charge in [-0.05, 0) is 47.7 Å². The van der Waals surface area contributed by atoms with Gasteiger partial charge in [-0.25, -0.2) is 0 Å². The van der Waals surface area contributed by atoms with Crippen molar-refractivity contribution in [1.82, 2.24) is 10.2 Å². The van der Waals surface area contributed by atoms with Gasteiger partial charge in [0.25, 0.3) is 17.1 Å². The second kappa shape index (κ2) is 8.55. The molecular weight excluding hydrogens is 364 g/mol. The van der Waals surface area contributed by atoms with Gasteiger partial charge >= 0.3 is 0 Å². The number of rotatable bonds is 6. The molecule has 1 N–H and O–H groups in total. The van der Waals surface area contributed by atoms with E-state index in [1.54, 1.807) is 54.4 Å². The summed E-state index contributed by atoms with van der Waals surface area (Å²) in [5.41, 5.74) is 1.44. The average molecular weight is 382 g/mol. The van der Waals surface area contributed by atoms with Crippen LogP contribution in [-0.2, 0) is 4.79 Å². The van der Waals surface area contributed by atoms with Crippen molar-refractivity contribution in [2.45, 2.75) is 0 Å². The van der Waals surface area contributed by atoms with Crippen LogP contribution in [0.1, 0.15) is 15.9 Å². The Morgan fingerprint density at radius 3 is 2.44 bits per heavy atom. The zero-order valence-electron chi connectivity index (χ0n) is 14.7. The minimum absolute atomic E-state index is 0.0527. The number of hydrogen-bond donors (Lipinski definition) is 1. The molecule has 6 nitrogen and oxygen atoms in total. The summed E-state index contributed by atoms with van der Waals surface area (Å²) in [7, 11) is 1.74. The standard InChI is InChI=1S/C20H18N2O4S/c1-22(19(24)15-5-3-2-4-6-15)11-12-26-16-9-7-14(8-10-16)13-17-18(23)21-20(25)27-17/h2-10,13H,11-12H2,1H3,(H,21,23,25)/b17-13-. The van der Waals surface area contributed by atoms with E-state index < -0.39 is 0 Å². The molecule has 0 aromatic heterocycles. The molecular formula is C20H18N2O4S. The van der Waals surface area contributed by atoms with Crippen molar-refractivity contribution in [1.29, 1.82) is 0 Å². The second-order valence-electron chi connectivity index (χ2n) is 5.86. The molecule has 0 bridgehead atoms. The largest absolute Gasteiger partial charge is 0.492 e. The Labute approximate surface area is 161 Å². The minimum Gasteiger partial charge on any atom is -0.492 e. The number of hydrogen-bond acceptors (Lipinski definition) is 5. The number of amides is 3. The van der Waals surface area contributed by atoms with Crippen LogP contribution in [-0.4, -0.2) is 42.2 Å². The maximum atomic E-state index is 12.3. The van der Waals surface area contributed by atoms with Gasteiger partial charge < -0.3 is 9.64 Å². The molecule has 0 unspecified atom stereocenters. The number of thioether (sulfide) groups is 1. The molecule has 3 rings (SSSR count). The molecule has 1 saturated heterocycles. The van der Waals surface area contributed by atoms with Crippen LogP contribution in [0.15, 0.2) is 59.5 Å². The summed E-state index contributed by atoms with van der Waals surface area (Å²) >= 11 is 0.883. The van der Waals surface area contributed by atoms with Crippen LogP contribution in [0.5, 0.6) is 5.75 Å². The Morgan fingerprint density at radius 1 is 1.11 bits per heavy atom. The number of nitrogens with one attached hydrogen (secondary N) is 1. The molecule has 1 heterocycles. The van der Waals surface area contributed by atoms with E-state index in [2.05, 4.69) is 5.32 Å². The maximum absolute atomic E-state index is 12.3. The minimum atomic E-state index is -0.378. The summed E-state index contributed by atoms with van der Waals surface area (Å²) in [5, 5.41) is 1.86. The van der Waals surface area contributed by atoms with Gasteiger partial charge in [0.2, 0.25) is 0 Å². The number of imide groups is 1. The van der Waals surface area contributed by atoms with Crippen molar-refractivity contribution < 1.29 is 19.1 Å². The zero-order valence-corrected chi connectivity index (χ0v) is 15.5. The molecule has 27 heavy (non-hydrogen) atoms. The van der Waals surface area contributed by atoms with Crippen molar-refractivity contribution >= 4 is 34.9 Å². The Morgan fingerprint density at radius 2 is 1.81 bits per heavy atom. The van der Waals surface area contributed by atoms with E-state index in [1.165, 1.54) is 0 Å². The SMILES string of the molecule is CN(CCOc1ccc(/C=C2\SC(=O)NC2=O)cc1)C(=O)c1ccccc1. The molecule has 0 saturated carbocycles. The predicted molar refractivity (Wildman–Crippen MR) is 104 cm³/mol. The molecule has 1 aliphatic heterocycles. The summed E-state index contributed by atoms with van der Waals surface area (Å²) in [6.45, 7) is 0.820. The number of likely N-dealkylation sites (N-methyl/N-ethyl adjacent to an activating group) is 1. The molecule has 0 spiro atoms. The molecule has 1 fully saturated rings. The third kappa shape index (κ3) is 4.98. The fraction of sp³-hybridized carbons (Fsp3) is 0.150. The number of nitrogens with zero attached hydrogens (tertiary/aromatic N) is 1. The summed E-state index contributed by atoms with van der Waals surface area (Å²) in [4.78, 5) is 36.9. The van der Waals surface area contributed by atoms with Crippen LogP contribution in [0.2, 0.25) is 0 Å². The van der Waals surface area contributed by atoms with Crippen molar-refractivity contribution in [3.8, 4) is 5.75 Å². The highest BCUT2D eigenvalue weighted by atomic mass is 32.2. The lowest BCUT2D eigenvalue weighted by Gasteiger charge is -2.17. The molecule has 0 aliphatic carbocycles. The Bertz CT molecular complexity index is 879. The van der Waals surface area contributed by atoms with E-state index in [0.29, 0.717) is 29.4 Å². The fourth-order valence-electron chi connectivity index (χ4n) is 2.44. The lowest BCUT2D eigenvalue weighted by Crippen LogP contribution is -2.30. The third-order valence-corrected chi connectivity index (χ3v) is 4.69. The molecule has 138 valence electrons. The van der Waals surface area contributed by atoms with E-state index in [0.717, 1.165) is 17.3 Å². The molecule has 2 aromatic carbocycles. The summed E-state index contributed by atoms with van der Waals surface area (Å²) in [6, 6.07) is 16.3.